The van der Waals surface area contributed by atoms with Crippen LogP contribution in [0.15, 0.2) is 60.3 Å². The van der Waals surface area contributed by atoms with E-state index < -0.39 is 11.9 Å². The summed E-state index contributed by atoms with van der Waals surface area (Å²) in [7, 11) is 2.44. The summed E-state index contributed by atoms with van der Waals surface area (Å²) in [4.78, 5) is 34.9. The molecule has 0 aliphatic rings. The van der Waals surface area contributed by atoms with Gasteiger partial charge in [0.1, 0.15) is 5.70 Å². The predicted molar refractivity (Wildman–Crippen MR) is 104 cm³/mol. The Morgan fingerprint density at radius 3 is 1.96 bits per heavy atom. The summed E-state index contributed by atoms with van der Waals surface area (Å²) in [5, 5.41) is 2.84. The summed E-state index contributed by atoms with van der Waals surface area (Å²) in [5.74, 6) is -1.73. The molecule has 0 saturated carbocycles. The molecule has 0 saturated heterocycles. The highest BCUT2D eigenvalue weighted by Gasteiger charge is 2.13. The summed E-state index contributed by atoms with van der Waals surface area (Å²) in [6.07, 6.45) is 1.02. The second kappa shape index (κ2) is 9.91. The SMILES string of the molecule is CCOC(=O)c1ccc(-c2ccc(N/C(=C/C(=O)OC)C(=O)OC)cc2)cc1. The third kappa shape index (κ3) is 5.44. The van der Waals surface area contributed by atoms with Crippen LogP contribution in [0.2, 0.25) is 0 Å². The Kier molecular flexibility index (Phi) is 7.33. The van der Waals surface area contributed by atoms with Crippen LogP contribution in [0.1, 0.15) is 17.3 Å². The molecule has 28 heavy (non-hydrogen) atoms. The number of methoxy groups -OCH3 is 2. The highest BCUT2D eigenvalue weighted by atomic mass is 16.5. The summed E-state index contributed by atoms with van der Waals surface area (Å²) in [6, 6.07) is 14.2. The zero-order valence-electron chi connectivity index (χ0n) is 15.9. The van der Waals surface area contributed by atoms with Crippen molar-refractivity contribution in [3.05, 3.63) is 65.9 Å². The van der Waals surface area contributed by atoms with E-state index in [1.807, 2.05) is 24.3 Å². The molecule has 0 aliphatic heterocycles. The Morgan fingerprint density at radius 1 is 0.893 bits per heavy atom. The van der Waals surface area contributed by atoms with Gasteiger partial charge in [-0.15, -0.1) is 0 Å². The number of rotatable bonds is 7. The molecule has 2 aromatic carbocycles. The zero-order chi connectivity index (χ0) is 20.5. The molecular formula is C21H21NO6. The molecule has 0 radical (unpaired) electrons. The van der Waals surface area contributed by atoms with Crippen molar-refractivity contribution in [1.29, 1.82) is 0 Å². The summed E-state index contributed by atoms with van der Waals surface area (Å²) in [6.45, 7) is 2.08. The second-order valence-electron chi connectivity index (χ2n) is 5.57. The van der Waals surface area contributed by atoms with Crippen molar-refractivity contribution in [2.45, 2.75) is 6.92 Å². The maximum Gasteiger partial charge on any atom is 0.354 e. The van der Waals surface area contributed by atoms with Crippen molar-refractivity contribution in [2.24, 2.45) is 0 Å². The van der Waals surface area contributed by atoms with Gasteiger partial charge in [-0.1, -0.05) is 24.3 Å². The van der Waals surface area contributed by atoms with E-state index in [0.29, 0.717) is 17.9 Å². The maximum absolute atomic E-state index is 11.8. The van der Waals surface area contributed by atoms with Gasteiger partial charge in [-0.3, -0.25) is 0 Å². The number of carbonyl (C=O) groups excluding carboxylic acids is 3. The average Bonchev–Trinajstić information content (AvgIpc) is 2.73. The normalized spacial score (nSPS) is 10.8. The minimum Gasteiger partial charge on any atom is -0.466 e. The van der Waals surface area contributed by atoms with Gasteiger partial charge in [-0.05, 0) is 42.3 Å². The van der Waals surface area contributed by atoms with Crippen molar-refractivity contribution in [3.8, 4) is 11.1 Å². The number of hydrogen-bond donors (Lipinski definition) is 1. The van der Waals surface area contributed by atoms with Gasteiger partial charge in [0.15, 0.2) is 0 Å². The van der Waals surface area contributed by atoms with Gasteiger partial charge >= 0.3 is 17.9 Å². The number of nitrogens with one attached hydrogen (secondary N) is 1. The molecule has 2 aromatic rings. The summed E-state index contributed by atoms with van der Waals surface area (Å²) < 4.78 is 14.2. The fourth-order valence-electron chi connectivity index (χ4n) is 2.35. The number of ether oxygens (including phenoxy) is 3. The molecule has 0 heterocycles. The van der Waals surface area contributed by atoms with E-state index in [1.54, 1.807) is 31.2 Å². The molecule has 1 N–H and O–H groups in total. The largest absolute Gasteiger partial charge is 0.466 e. The topological polar surface area (TPSA) is 90.9 Å². The van der Waals surface area contributed by atoms with Gasteiger partial charge in [-0.25, -0.2) is 14.4 Å². The Bertz CT molecular complexity index is 869. The molecule has 0 aromatic heterocycles. The van der Waals surface area contributed by atoms with Crippen molar-refractivity contribution in [1.82, 2.24) is 0 Å². The first-order chi connectivity index (χ1) is 13.5. The molecule has 0 aliphatic carbocycles. The van der Waals surface area contributed by atoms with Crippen molar-refractivity contribution >= 4 is 23.6 Å². The highest BCUT2D eigenvalue weighted by Crippen LogP contribution is 2.23. The van der Waals surface area contributed by atoms with Crippen LogP contribution in [0, 0.1) is 0 Å². The molecule has 0 spiro atoms. The standard InChI is InChI=1S/C21H21NO6/c1-4-28-20(24)16-7-5-14(6-8-16)15-9-11-17(12-10-15)22-18(21(25)27-3)13-19(23)26-2/h5-13,22H,4H2,1-3H3/b18-13+. The lowest BCUT2D eigenvalue weighted by molar-refractivity contribution is -0.138. The number of hydrogen-bond acceptors (Lipinski definition) is 7. The van der Waals surface area contributed by atoms with Gasteiger partial charge in [0.2, 0.25) is 0 Å². The quantitative estimate of drug-likeness (QED) is 0.446. The Hall–Kier alpha value is -3.61. The van der Waals surface area contributed by atoms with E-state index >= 15 is 0 Å². The molecule has 0 atom stereocenters. The van der Waals surface area contributed by atoms with Crippen molar-refractivity contribution in [3.63, 3.8) is 0 Å². The van der Waals surface area contributed by atoms with Crippen LogP contribution in [0.25, 0.3) is 11.1 Å². The molecule has 7 heteroatoms. The van der Waals surface area contributed by atoms with Crippen LogP contribution in [-0.4, -0.2) is 38.7 Å². The first-order valence-electron chi connectivity index (χ1n) is 8.51. The lowest BCUT2D eigenvalue weighted by Crippen LogP contribution is -2.15. The van der Waals surface area contributed by atoms with Crippen LogP contribution in [0.3, 0.4) is 0 Å². The van der Waals surface area contributed by atoms with E-state index in [1.165, 1.54) is 14.2 Å². The van der Waals surface area contributed by atoms with Gasteiger partial charge in [0, 0.05) is 5.69 Å². The van der Waals surface area contributed by atoms with E-state index in [0.717, 1.165) is 17.2 Å². The van der Waals surface area contributed by atoms with E-state index in [4.69, 9.17) is 4.74 Å². The van der Waals surface area contributed by atoms with Crippen molar-refractivity contribution in [2.75, 3.05) is 26.1 Å². The fourth-order valence-corrected chi connectivity index (χ4v) is 2.35. The Morgan fingerprint density at radius 2 is 1.46 bits per heavy atom. The van der Waals surface area contributed by atoms with Gasteiger partial charge < -0.3 is 19.5 Å². The van der Waals surface area contributed by atoms with Crippen LogP contribution in [-0.2, 0) is 23.8 Å². The van der Waals surface area contributed by atoms with Crippen LogP contribution in [0.5, 0.6) is 0 Å². The van der Waals surface area contributed by atoms with E-state index in [2.05, 4.69) is 14.8 Å². The first kappa shape index (κ1) is 20.7. The molecule has 146 valence electrons. The minimum absolute atomic E-state index is 0.0408. The predicted octanol–water partition coefficient (Wildman–Crippen LogP) is 3.17. The Balaban J connectivity index is 2.16. The van der Waals surface area contributed by atoms with Crippen LogP contribution in [0.4, 0.5) is 5.69 Å². The number of esters is 3. The third-order valence-electron chi connectivity index (χ3n) is 3.76. The monoisotopic (exact) mass is 383 g/mol. The lowest BCUT2D eigenvalue weighted by atomic mass is 10.0. The number of carbonyl (C=O) groups is 3. The molecule has 2 rings (SSSR count). The minimum atomic E-state index is -0.691. The smallest absolute Gasteiger partial charge is 0.354 e. The molecule has 0 unspecified atom stereocenters. The average molecular weight is 383 g/mol. The summed E-state index contributed by atoms with van der Waals surface area (Å²) >= 11 is 0. The summed E-state index contributed by atoms with van der Waals surface area (Å²) in [5.41, 5.74) is 2.86. The molecule has 0 amide bonds. The lowest BCUT2D eigenvalue weighted by Gasteiger charge is -2.10. The van der Waals surface area contributed by atoms with E-state index in [9.17, 15) is 14.4 Å². The molecule has 0 fully saturated rings. The fraction of sp³-hybridized carbons (Fsp3) is 0.190. The first-order valence-corrected chi connectivity index (χ1v) is 8.51. The number of anilines is 1. The maximum atomic E-state index is 11.8. The Labute approximate surface area is 162 Å². The third-order valence-corrected chi connectivity index (χ3v) is 3.76. The van der Waals surface area contributed by atoms with Gasteiger partial charge in [0.25, 0.3) is 0 Å². The number of benzene rings is 2. The molecular weight excluding hydrogens is 362 g/mol. The van der Waals surface area contributed by atoms with Crippen molar-refractivity contribution < 1.29 is 28.6 Å². The molecule has 0 bridgehead atoms. The molecule has 7 nitrogen and oxygen atoms in total. The van der Waals surface area contributed by atoms with Gasteiger partial charge in [0.05, 0.1) is 32.5 Å². The van der Waals surface area contributed by atoms with Gasteiger partial charge in [-0.2, -0.15) is 0 Å². The van der Waals surface area contributed by atoms with E-state index in [-0.39, 0.29) is 11.7 Å². The van der Waals surface area contributed by atoms with Crippen LogP contribution < -0.4 is 5.32 Å². The zero-order valence-corrected chi connectivity index (χ0v) is 15.9. The second-order valence-corrected chi connectivity index (χ2v) is 5.57. The van der Waals surface area contributed by atoms with Crippen LogP contribution >= 0.6 is 0 Å². The highest BCUT2D eigenvalue weighted by molar-refractivity contribution is 5.98.